The van der Waals surface area contributed by atoms with Gasteiger partial charge in [-0.1, -0.05) is 25.6 Å². The van der Waals surface area contributed by atoms with Crippen molar-refractivity contribution in [3.63, 3.8) is 0 Å². The third-order valence-electron chi connectivity index (χ3n) is 4.65. The van der Waals surface area contributed by atoms with E-state index >= 15 is 0 Å². The normalized spacial score (nSPS) is 30.4. The Balaban J connectivity index is 2.05. The molecule has 2 atom stereocenters. The number of hydrogen-bond acceptors (Lipinski definition) is 3. The Bertz CT molecular complexity index is 569. The maximum Gasteiger partial charge on any atom is 0.144 e. The summed E-state index contributed by atoms with van der Waals surface area (Å²) >= 11 is 9.03. The number of nitrogens with zero attached hydrogens (tertiary/aromatic N) is 1. The van der Waals surface area contributed by atoms with E-state index in [2.05, 4.69) is 32.8 Å². The number of hydrogen-bond donors (Lipinski definition) is 1. The lowest BCUT2D eigenvalue weighted by atomic mass is 9.78. The quantitative estimate of drug-likeness (QED) is 0.788. The molecule has 1 aromatic heterocycles. The summed E-state index contributed by atoms with van der Waals surface area (Å²) in [5.41, 5.74) is 0.935. The Morgan fingerprint density at radius 3 is 2.75 bits per heavy atom. The van der Waals surface area contributed by atoms with E-state index in [9.17, 15) is 0 Å². The fourth-order valence-electron chi connectivity index (χ4n) is 3.35. The second kappa shape index (κ2) is 5.50. The van der Waals surface area contributed by atoms with Crippen molar-refractivity contribution in [3.05, 3.63) is 20.6 Å². The number of H-pyrrole nitrogens is 1. The molecule has 0 saturated heterocycles. The summed E-state index contributed by atoms with van der Waals surface area (Å²) in [6, 6.07) is 0. The first-order valence-corrected chi connectivity index (χ1v) is 8.61. The third kappa shape index (κ3) is 2.60. The Morgan fingerprint density at radius 1 is 1.40 bits per heavy atom. The maximum absolute atomic E-state index is 5.93. The van der Waals surface area contributed by atoms with Crippen molar-refractivity contribution < 1.29 is 4.74 Å². The summed E-state index contributed by atoms with van der Waals surface area (Å²) in [5.74, 6) is 2.21. The molecule has 0 spiro atoms. The van der Waals surface area contributed by atoms with Gasteiger partial charge >= 0.3 is 0 Å². The Hall–Kier alpha value is -0.260. The smallest absolute Gasteiger partial charge is 0.144 e. The molecular formula is C15H21BrN2OS. The van der Waals surface area contributed by atoms with E-state index in [-0.39, 0.29) is 5.60 Å². The molecule has 0 aromatic carbocycles. The van der Waals surface area contributed by atoms with Crippen molar-refractivity contribution in [1.29, 1.82) is 0 Å². The number of nitrogens with one attached hydrogen (secondary N) is 1. The Labute approximate surface area is 133 Å². The van der Waals surface area contributed by atoms with Crippen LogP contribution in [0.3, 0.4) is 0 Å². The van der Waals surface area contributed by atoms with Gasteiger partial charge in [0.05, 0.1) is 4.47 Å². The highest BCUT2D eigenvalue weighted by atomic mass is 79.9. The zero-order valence-corrected chi connectivity index (χ0v) is 14.4. The zero-order valence-electron chi connectivity index (χ0n) is 12.0. The Kier molecular flexibility index (Phi) is 4.04. The zero-order chi connectivity index (χ0) is 14.3. The average Bonchev–Trinajstić information content (AvgIpc) is 3.26. The standard InChI is InChI=1S/C15H21BrN2OS/c1-9-4-3-7-15(8-9,19-2)14-17-12(10-5-6-10)11(16)13(20)18-14/h9-10H,3-8H2,1-2H3,(H,17,18,20). The van der Waals surface area contributed by atoms with E-state index in [1.807, 2.05) is 0 Å². The van der Waals surface area contributed by atoms with Crippen molar-refractivity contribution in [2.24, 2.45) is 5.92 Å². The minimum absolute atomic E-state index is 0.282. The first-order chi connectivity index (χ1) is 9.55. The number of rotatable bonds is 3. The predicted octanol–water partition coefficient (Wildman–Crippen LogP) is 4.83. The lowest BCUT2D eigenvalue weighted by molar-refractivity contribution is -0.0648. The van der Waals surface area contributed by atoms with Gasteiger partial charge in [0.25, 0.3) is 0 Å². The molecule has 20 heavy (non-hydrogen) atoms. The molecule has 1 heterocycles. The van der Waals surface area contributed by atoms with E-state index in [1.54, 1.807) is 7.11 Å². The van der Waals surface area contributed by atoms with Gasteiger partial charge in [0.15, 0.2) is 0 Å². The molecule has 110 valence electrons. The monoisotopic (exact) mass is 356 g/mol. The summed E-state index contributed by atoms with van der Waals surface area (Å²) in [4.78, 5) is 8.18. The first kappa shape index (κ1) is 14.7. The highest BCUT2D eigenvalue weighted by molar-refractivity contribution is 9.10. The molecule has 0 amide bonds. The molecule has 2 aliphatic rings. The van der Waals surface area contributed by atoms with Gasteiger partial charge in [0, 0.05) is 18.7 Å². The molecular weight excluding hydrogens is 336 g/mol. The largest absolute Gasteiger partial charge is 0.370 e. The third-order valence-corrected chi connectivity index (χ3v) is 6.01. The lowest BCUT2D eigenvalue weighted by Gasteiger charge is -2.38. The van der Waals surface area contributed by atoms with Gasteiger partial charge in [-0.05, 0) is 54.0 Å². The second-order valence-electron chi connectivity index (χ2n) is 6.29. The highest BCUT2D eigenvalue weighted by Gasteiger charge is 2.40. The predicted molar refractivity (Wildman–Crippen MR) is 85.4 cm³/mol. The highest BCUT2D eigenvalue weighted by Crippen LogP contribution is 2.45. The topological polar surface area (TPSA) is 37.9 Å². The number of ether oxygens (including phenoxy) is 1. The molecule has 2 aliphatic carbocycles. The molecule has 0 radical (unpaired) electrons. The van der Waals surface area contributed by atoms with E-state index in [4.69, 9.17) is 17.0 Å². The molecule has 3 nitrogen and oxygen atoms in total. The van der Waals surface area contributed by atoms with Crippen molar-refractivity contribution in [2.75, 3.05) is 7.11 Å². The molecule has 3 rings (SSSR count). The molecule has 0 aliphatic heterocycles. The van der Waals surface area contributed by atoms with Crippen LogP contribution in [0.1, 0.15) is 62.9 Å². The van der Waals surface area contributed by atoms with Crippen LogP contribution in [0.4, 0.5) is 0 Å². The molecule has 2 fully saturated rings. The van der Waals surface area contributed by atoms with Gasteiger partial charge < -0.3 is 9.72 Å². The van der Waals surface area contributed by atoms with Crippen LogP contribution in [0.2, 0.25) is 0 Å². The summed E-state index contributed by atoms with van der Waals surface area (Å²) < 4.78 is 7.56. The number of aromatic amines is 1. The maximum atomic E-state index is 5.93. The van der Waals surface area contributed by atoms with E-state index < -0.39 is 0 Å². The second-order valence-corrected chi connectivity index (χ2v) is 7.47. The van der Waals surface area contributed by atoms with Gasteiger partial charge in [-0.2, -0.15) is 0 Å². The molecule has 5 heteroatoms. The van der Waals surface area contributed by atoms with E-state index in [0.29, 0.717) is 16.5 Å². The lowest BCUT2D eigenvalue weighted by Crippen LogP contribution is -2.36. The van der Waals surface area contributed by atoms with Crippen LogP contribution in [0, 0.1) is 10.6 Å². The number of aromatic nitrogens is 2. The van der Waals surface area contributed by atoms with Crippen LogP contribution >= 0.6 is 28.1 Å². The minimum Gasteiger partial charge on any atom is -0.370 e. The summed E-state index contributed by atoms with van der Waals surface area (Å²) in [6.45, 7) is 2.29. The van der Waals surface area contributed by atoms with Crippen LogP contribution in [0.25, 0.3) is 0 Å². The van der Waals surface area contributed by atoms with Crippen molar-refractivity contribution in [2.45, 2.75) is 57.0 Å². The van der Waals surface area contributed by atoms with Crippen molar-refractivity contribution in [3.8, 4) is 0 Å². The molecule has 2 unspecified atom stereocenters. The van der Waals surface area contributed by atoms with Crippen LogP contribution in [-0.2, 0) is 10.3 Å². The van der Waals surface area contributed by atoms with Gasteiger partial charge in [-0.15, -0.1) is 0 Å². The molecule has 2 saturated carbocycles. The molecule has 1 aromatic rings. The van der Waals surface area contributed by atoms with Gasteiger partial charge in [-0.25, -0.2) is 4.98 Å². The summed E-state index contributed by atoms with van der Waals surface area (Å²) in [6.07, 6.45) is 6.99. The first-order valence-electron chi connectivity index (χ1n) is 7.41. The van der Waals surface area contributed by atoms with Crippen molar-refractivity contribution in [1.82, 2.24) is 9.97 Å². The number of methoxy groups -OCH3 is 1. The van der Waals surface area contributed by atoms with Crippen molar-refractivity contribution >= 4 is 28.1 Å². The van der Waals surface area contributed by atoms with Gasteiger partial charge in [0.2, 0.25) is 0 Å². The van der Waals surface area contributed by atoms with Gasteiger partial charge in [-0.3, -0.25) is 0 Å². The SMILES string of the molecule is COC1(c2nc(=S)c(Br)c(C3CC3)[nH]2)CCCC(C)C1. The Morgan fingerprint density at radius 2 is 2.15 bits per heavy atom. The van der Waals surface area contributed by atoms with Gasteiger partial charge in [0.1, 0.15) is 16.1 Å². The van der Waals surface area contributed by atoms with Crippen LogP contribution in [-0.4, -0.2) is 17.1 Å². The van der Waals surface area contributed by atoms with E-state index in [0.717, 1.165) is 23.1 Å². The fourth-order valence-corrected chi connectivity index (χ4v) is 4.06. The average molecular weight is 357 g/mol. The minimum atomic E-state index is -0.282. The van der Waals surface area contributed by atoms with Crippen LogP contribution in [0.15, 0.2) is 4.47 Å². The van der Waals surface area contributed by atoms with E-state index in [1.165, 1.54) is 31.4 Å². The summed E-state index contributed by atoms with van der Waals surface area (Å²) in [7, 11) is 1.80. The van der Waals surface area contributed by atoms with Crippen LogP contribution < -0.4 is 0 Å². The molecule has 1 N–H and O–H groups in total. The van der Waals surface area contributed by atoms with Crippen LogP contribution in [0.5, 0.6) is 0 Å². The molecule has 0 bridgehead atoms. The number of halogens is 1. The fraction of sp³-hybridized carbons (Fsp3) is 0.733. The summed E-state index contributed by atoms with van der Waals surface area (Å²) in [5, 5.41) is 0.